The number of nitrogens with two attached hydrogens (primary N) is 1. The van der Waals surface area contributed by atoms with Gasteiger partial charge in [-0.05, 0) is 37.8 Å². The first-order valence-electron chi connectivity index (χ1n) is 7.29. The van der Waals surface area contributed by atoms with Crippen LogP contribution in [0, 0.1) is 24.5 Å². The van der Waals surface area contributed by atoms with Crippen LogP contribution in [0.15, 0.2) is 12.1 Å². The molecule has 1 aromatic carbocycles. The lowest BCUT2D eigenvalue weighted by molar-refractivity contribution is 0.406. The molecule has 1 aromatic heterocycles. The standard InChI is InChI=1S/C16H20ClF2N3O/c1-8(9(2)20)5-14-10(3)21-16(17)22(14)15-12(18)6-11(23-4)7-13(15)19/h6-9H,5,20H2,1-4H3. The summed E-state index contributed by atoms with van der Waals surface area (Å²) in [5.74, 6) is -1.33. The highest BCUT2D eigenvalue weighted by molar-refractivity contribution is 6.28. The third-order valence-electron chi connectivity index (χ3n) is 3.99. The predicted molar refractivity (Wildman–Crippen MR) is 86.3 cm³/mol. The van der Waals surface area contributed by atoms with Crippen LogP contribution >= 0.6 is 11.6 Å². The van der Waals surface area contributed by atoms with Gasteiger partial charge in [-0.3, -0.25) is 4.57 Å². The van der Waals surface area contributed by atoms with Crippen molar-refractivity contribution in [2.75, 3.05) is 7.11 Å². The summed E-state index contributed by atoms with van der Waals surface area (Å²) >= 11 is 6.12. The zero-order chi connectivity index (χ0) is 17.3. The average molecular weight is 344 g/mol. The van der Waals surface area contributed by atoms with Crippen molar-refractivity contribution in [3.8, 4) is 11.4 Å². The normalized spacial score (nSPS) is 13.9. The number of hydrogen-bond donors (Lipinski definition) is 1. The molecule has 2 unspecified atom stereocenters. The van der Waals surface area contributed by atoms with Gasteiger partial charge in [0.15, 0.2) is 11.6 Å². The van der Waals surface area contributed by atoms with Crippen LogP contribution in [0.25, 0.3) is 5.69 Å². The molecule has 0 aliphatic heterocycles. The van der Waals surface area contributed by atoms with Crippen molar-refractivity contribution in [2.24, 2.45) is 11.7 Å². The highest BCUT2D eigenvalue weighted by Gasteiger charge is 2.23. The summed E-state index contributed by atoms with van der Waals surface area (Å²) in [5, 5.41) is 0.0114. The minimum absolute atomic E-state index is 0.0114. The van der Waals surface area contributed by atoms with E-state index in [2.05, 4.69) is 4.98 Å². The van der Waals surface area contributed by atoms with Gasteiger partial charge in [-0.1, -0.05) is 6.92 Å². The fourth-order valence-corrected chi connectivity index (χ4v) is 2.67. The van der Waals surface area contributed by atoms with E-state index in [9.17, 15) is 8.78 Å². The predicted octanol–water partition coefficient (Wildman–Crippen LogP) is 3.65. The molecule has 0 amide bonds. The summed E-state index contributed by atoms with van der Waals surface area (Å²) < 4.78 is 35.0. The first-order chi connectivity index (χ1) is 10.8. The Morgan fingerprint density at radius 3 is 2.35 bits per heavy atom. The SMILES string of the molecule is COc1cc(F)c(-n2c(Cl)nc(C)c2CC(C)C(C)N)c(F)c1. The fraction of sp³-hybridized carbons (Fsp3) is 0.438. The first kappa shape index (κ1) is 17.7. The lowest BCUT2D eigenvalue weighted by Crippen LogP contribution is -2.26. The van der Waals surface area contributed by atoms with Crippen molar-refractivity contribution in [1.82, 2.24) is 9.55 Å². The summed E-state index contributed by atoms with van der Waals surface area (Å²) in [5.41, 5.74) is 6.90. The van der Waals surface area contributed by atoms with E-state index in [1.54, 1.807) is 6.92 Å². The van der Waals surface area contributed by atoms with Gasteiger partial charge in [-0.15, -0.1) is 0 Å². The Hall–Kier alpha value is -1.66. The van der Waals surface area contributed by atoms with E-state index in [1.165, 1.54) is 11.7 Å². The molecule has 0 bridgehead atoms. The Bertz CT molecular complexity index is 693. The monoisotopic (exact) mass is 343 g/mol. The lowest BCUT2D eigenvalue weighted by atomic mass is 9.97. The summed E-state index contributed by atoms with van der Waals surface area (Å²) in [6.07, 6.45) is 0.508. The van der Waals surface area contributed by atoms with Gasteiger partial charge >= 0.3 is 0 Å². The third kappa shape index (κ3) is 3.48. The Balaban J connectivity index is 2.60. The van der Waals surface area contributed by atoms with Crippen LogP contribution in [0.1, 0.15) is 25.2 Å². The molecule has 4 nitrogen and oxygen atoms in total. The molecule has 1 heterocycles. The van der Waals surface area contributed by atoms with E-state index in [-0.39, 0.29) is 28.7 Å². The topological polar surface area (TPSA) is 53.1 Å². The van der Waals surface area contributed by atoms with Crippen molar-refractivity contribution < 1.29 is 13.5 Å². The maximum Gasteiger partial charge on any atom is 0.208 e. The smallest absolute Gasteiger partial charge is 0.208 e. The number of nitrogens with zero attached hydrogens (tertiary/aromatic N) is 2. The maximum atomic E-state index is 14.4. The maximum absolute atomic E-state index is 14.4. The number of imidazole rings is 1. The Morgan fingerprint density at radius 2 is 1.87 bits per heavy atom. The number of aryl methyl sites for hydroxylation is 1. The van der Waals surface area contributed by atoms with Crippen molar-refractivity contribution in [3.63, 3.8) is 0 Å². The lowest BCUT2D eigenvalue weighted by Gasteiger charge is -2.18. The second-order valence-electron chi connectivity index (χ2n) is 5.73. The summed E-state index contributed by atoms with van der Waals surface area (Å²) in [7, 11) is 1.35. The summed E-state index contributed by atoms with van der Waals surface area (Å²) in [6.45, 7) is 5.61. The van der Waals surface area contributed by atoms with Crippen LogP contribution < -0.4 is 10.5 Å². The van der Waals surface area contributed by atoms with Crippen molar-refractivity contribution in [1.29, 1.82) is 0 Å². The first-order valence-corrected chi connectivity index (χ1v) is 7.66. The number of halogens is 3. The molecule has 0 aliphatic carbocycles. The van der Waals surface area contributed by atoms with Gasteiger partial charge in [0.05, 0.1) is 12.8 Å². The molecule has 2 rings (SSSR count). The molecule has 0 spiro atoms. The van der Waals surface area contributed by atoms with Gasteiger partial charge in [0.1, 0.15) is 11.4 Å². The van der Waals surface area contributed by atoms with Crippen molar-refractivity contribution in [3.05, 3.63) is 40.4 Å². The molecule has 2 atom stereocenters. The molecule has 0 radical (unpaired) electrons. The molecule has 23 heavy (non-hydrogen) atoms. The number of hydrogen-bond acceptors (Lipinski definition) is 3. The number of aromatic nitrogens is 2. The van der Waals surface area contributed by atoms with Crippen LogP contribution in [-0.2, 0) is 6.42 Å². The fourth-order valence-electron chi connectivity index (χ4n) is 2.36. The van der Waals surface area contributed by atoms with Crippen molar-refractivity contribution in [2.45, 2.75) is 33.2 Å². The van der Waals surface area contributed by atoms with Crippen LogP contribution in [-0.4, -0.2) is 22.7 Å². The molecule has 0 fully saturated rings. The third-order valence-corrected chi connectivity index (χ3v) is 4.25. The van der Waals surface area contributed by atoms with Gasteiger partial charge < -0.3 is 10.5 Å². The largest absolute Gasteiger partial charge is 0.497 e. The number of ether oxygens (including phenoxy) is 1. The number of rotatable bonds is 5. The van der Waals surface area contributed by atoms with E-state index in [1.807, 2.05) is 13.8 Å². The van der Waals surface area contributed by atoms with Gasteiger partial charge in [0.25, 0.3) is 0 Å². The van der Waals surface area contributed by atoms with Gasteiger partial charge in [-0.2, -0.15) is 0 Å². The molecule has 0 saturated heterocycles. The molecule has 0 saturated carbocycles. The molecule has 7 heteroatoms. The van der Waals surface area contributed by atoms with E-state index in [4.69, 9.17) is 22.1 Å². The van der Waals surface area contributed by atoms with Gasteiger partial charge in [0.2, 0.25) is 5.28 Å². The molecular weight excluding hydrogens is 324 g/mol. The highest BCUT2D eigenvalue weighted by atomic mass is 35.5. The van der Waals surface area contributed by atoms with E-state index in [0.29, 0.717) is 17.8 Å². The van der Waals surface area contributed by atoms with E-state index >= 15 is 0 Å². The number of methoxy groups -OCH3 is 1. The molecule has 2 N–H and O–H groups in total. The van der Waals surface area contributed by atoms with Crippen LogP contribution in [0.3, 0.4) is 0 Å². The summed E-state index contributed by atoms with van der Waals surface area (Å²) in [4.78, 5) is 4.15. The minimum Gasteiger partial charge on any atom is -0.497 e. The Labute approximate surface area is 139 Å². The van der Waals surface area contributed by atoms with Crippen LogP contribution in [0.5, 0.6) is 5.75 Å². The molecule has 2 aromatic rings. The van der Waals surface area contributed by atoms with Gasteiger partial charge in [-0.25, -0.2) is 13.8 Å². The zero-order valence-electron chi connectivity index (χ0n) is 13.5. The van der Waals surface area contributed by atoms with Gasteiger partial charge in [0, 0.05) is 23.9 Å². The second-order valence-corrected chi connectivity index (χ2v) is 6.07. The quantitative estimate of drug-likeness (QED) is 0.901. The highest BCUT2D eigenvalue weighted by Crippen LogP contribution is 2.30. The molecular formula is C16H20ClF2N3O. The average Bonchev–Trinajstić information content (AvgIpc) is 2.73. The Morgan fingerprint density at radius 1 is 1.30 bits per heavy atom. The zero-order valence-corrected chi connectivity index (χ0v) is 14.3. The van der Waals surface area contributed by atoms with Crippen LogP contribution in [0.2, 0.25) is 5.28 Å². The second kappa shape index (κ2) is 6.84. The van der Waals surface area contributed by atoms with Crippen LogP contribution in [0.4, 0.5) is 8.78 Å². The van der Waals surface area contributed by atoms with E-state index in [0.717, 1.165) is 12.1 Å². The summed E-state index contributed by atoms with van der Waals surface area (Å²) in [6, 6.07) is 2.16. The molecule has 0 aliphatic rings. The van der Waals surface area contributed by atoms with E-state index < -0.39 is 11.6 Å². The number of benzene rings is 1. The Kier molecular flexibility index (Phi) is 5.26. The van der Waals surface area contributed by atoms with Crippen molar-refractivity contribution >= 4 is 11.6 Å². The molecule has 126 valence electrons. The minimum atomic E-state index is -0.768.